The van der Waals surface area contributed by atoms with Crippen molar-refractivity contribution in [1.29, 1.82) is 0 Å². The van der Waals surface area contributed by atoms with Crippen LogP contribution >= 0.6 is 0 Å². The zero-order valence-electron chi connectivity index (χ0n) is 22.5. The van der Waals surface area contributed by atoms with Crippen molar-refractivity contribution in [3.8, 4) is 28.6 Å². The fourth-order valence-electron chi connectivity index (χ4n) is 5.34. The van der Waals surface area contributed by atoms with Gasteiger partial charge in [-0.15, -0.1) is 5.10 Å². The highest BCUT2D eigenvalue weighted by atomic mass is 16.5. The average Bonchev–Trinajstić information content (AvgIpc) is 3.66. The number of hydrogen-bond acceptors (Lipinski definition) is 7. The number of rotatable bonds is 12. The summed E-state index contributed by atoms with van der Waals surface area (Å²) in [4.78, 5) is 2.53. The van der Waals surface area contributed by atoms with E-state index in [1.807, 2.05) is 23.6 Å². The molecule has 2 aliphatic rings. The van der Waals surface area contributed by atoms with Crippen LogP contribution < -0.4 is 19.1 Å². The summed E-state index contributed by atoms with van der Waals surface area (Å²) in [6.07, 6.45) is 4.78. The van der Waals surface area contributed by atoms with Gasteiger partial charge >= 0.3 is 0 Å². The van der Waals surface area contributed by atoms with Crippen LogP contribution in [0.15, 0.2) is 30.3 Å². The second-order valence-electron chi connectivity index (χ2n) is 10.0. The molecule has 2 aromatic heterocycles. The second kappa shape index (κ2) is 11.6. The number of pyridine rings is 1. The molecule has 8 nitrogen and oxygen atoms in total. The maximum atomic E-state index is 6.17. The molecule has 200 valence electrons. The SMILES string of the molecule is CCOc1nn2c(-c3c(OC)cc(COC)cc3OC)cccc2c1N(CC1CCOCC1)CC1CC1. The van der Waals surface area contributed by atoms with E-state index in [1.54, 1.807) is 21.3 Å². The Balaban J connectivity index is 1.64. The van der Waals surface area contributed by atoms with Gasteiger partial charge in [0, 0.05) is 33.4 Å². The first-order valence-electron chi connectivity index (χ1n) is 13.4. The van der Waals surface area contributed by atoms with Crippen molar-refractivity contribution in [3.63, 3.8) is 0 Å². The molecule has 1 saturated heterocycles. The maximum absolute atomic E-state index is 6.17. The van der Waals surface area contributed by atoms with Crippen molar-refractivity contribution in [3.05, 3.63) is 35.9 Å². The fraction of sp³-hybridized carbons (Fsp3) is 0.552. The molecule has 0 atom stereocenters. The number of ether oxygens (including phenoxy) is 5. The van der Waals surface area contributed by atoms with Crippen molar-refractivity contribution >= 4 is 11.2 Å². The molecular weight excluding hydrogens is 470 g/mol. The first-order valence-corrected chi connectivity index (χ1v) is 13.4. The summed E-state index contributed by atoms with van der Waals surface area (Å²) in [5.74, 6) is 3.45. The van der Waals surface area contributed by atoms with E-state index in [1.165, 1.54) is 12.8 Å². The molecule has 0 spiro atoms. The summed E-state index contributed by atoms with van der Waals surface area (Å²) in [7, 11) is 5.04. The van der Waals surface area contributed by atoms with Gasteiger partial charge in [0.15, 0.2) is 0 Å². The predicted molar refractivity (Wildman–Crippen MR) is 144 cm³/mol. The molecule has 1 aliphatic heterocycles. The van der Waals surface area contributed by atoms with Crippen molar-refractivity contribution in [1.82, 2.24) is 9.61 Å². The van der Waals surface area contributed by atoms with Crippen LogP contribution in [0.3, 0.4) is 0 Å². The minimum absolute atomic E-state index is 0.472. The number of methoxy groups -OCH3 is 3. The molecule has 37 heavy (non-hydrogen) atoms. The lowest BCUT2D eigenvalue weighted by Crippen LogP contribution is -2.34. The Labute approximate surface area is 219 Å². The van der Waals surface area contributed by atoms with Gasteiger partial charge < -0.3 is 28.6 Å². The molecule has 2 fully saturated rings. The normalized spacial score (nSPS) is 16.2. The van der Waals surface area contributed by atoms with Crippen LogP contribution in [-0.2, 0) is 16.1 Å². The van der Waals surface area contributed by atoms with E-state index in [9.17, 15) is 0 Å². The third kappa shape index (κ3) is 5.50. The smallest absolute Gasteiger partial charge is 0.257 e. The Bertz CT molecular complexity index is 1170. The molecule has 1 saturated carbocycles. The lowest BCUT2D eigenvalue weighted by Gasteiger charge is -2.31. The molecule has 3 heterocycles. The average molecular weight is 510 g/mol. The fourth-order valence-corrected chi connectivity index (χ4v) is 5.34. The molecule has 1 aromatic carbocycles. The number of benzene rings is 1. The van der Waals surface area contributed by atoms with Gasteiger partial charge in [0.25, 0.3) is 5.88 Å². The molecule has 1 aliphatic carbocycles. The van der Waals surface area contributed by atoms with Gasteiger partial charge in [-0.05, 0) is 74.3 Å². The molecule has 0 unspecified atom stereocenters. The Morgan fingerprint density at radius 2 is 1.65 bits per heavy atom. The minimum Gasteiger partial charge on any atom is -0.496 e. The van der Waals surface area contributed by atoms with E-state index in [0.29, 0.717) is 36.5 Å². The number of fused-ring (bicyclic) bond motifs is 1. The van der Waals surface area contributed by atoms with E-state index in [-0.39, 0.29) is 0 Å². The molecule has 0 N–H and O–H groups in total. The third-order valence-electron chi connectivity index (χ3n) is 7.33. The summed E-state index contributed by atoms with van der Waals surface area (Å²) in [6.45, 7) is 6.75. The molecule has 5 rings (SSSR count). The zero-order chi connectivity index (χ0) is 25.8. The third-order valence-corrected chi connectivity index (χ3v) is 7.33. The molecule has 0 amide bonds. The lowest BCUT2D eigenvalue weighted by atomic mass is 9.99. The Kier molecular flexibility index (Phi) is 8.05. The molecule has 3 aromatic rings. The first-order chi connectivity index (χ1) is 18.2. The van der Waals surface area contributed by atoms with Crippen LogP contribution in [0.1, 0.15) is 38.2 Å². The van der Waals surface area contributed by atoms with Gasteiger partial charge in [0.1, 0.15) is 17.2 Å². The van der Waals surface area contributed by atoms with Gasteiger partial charge in [-0.1, -0.05) is 6.07 Å². The van der Waals surface area contributed by atoms with Crippen molar-refractivity contribution in [2.75, 3.05) is 59.1 Å². The molecule has 0 radical (unpaired) electrons. The van der Waals surface area contributed by atoms with Crippen LogP contribution in [0.4, 0.5) is 5.69 Å². The predicted octanol–water partition coefficient (Wildman–Crippen LogP) is 5.21. The highest BCUT2D eigenvalue weighted by Gasteiger charge is 2.31. The number of nitrogens with zero attached hydrogens (tertiary/aromatic N) is 3. The summed E-state index contributed by atoms with van der Waals surface area (Å²) in [5.41, 5.74) is 4.83. The molecule has 8 heteroatoms. The first kappa shape index (κ1) is 25.7. The van der Waals surface area contributed by atoms with Crippen molar-refractivity contribution < 1.29 is 23.7 Å². The summed E-state index contributed by atoms with van der Waals surface area (Å²) < 4.78 is 30.8. The van der Waals surface area contributed by atoms with Gasteiger partial charge in [0.2, 0.25) is 0 Å². The molecular formula is C29H39N3O5. The van der Waals surface area contributed by atoms with E-state index >= 15 is 0 Å². The largest absolute Gasteiger partial charge is 0.496 e. The second-order valence-corrected chi connectivity index (χ2v) is 10.0. The number of aromatic nitrogens is 2. The number of anilines is 1. The van der Waals surface area contributed by atoms with Crippen LogP contribution in [0.25, 0.3) is 16.8 Å². The summed E-state index contributed by atoms with van der Waals surface area (Å²) in [6, 6.07) is 10.3. The summed E-state index contributed by atoms with van der Waals surface area (Å²) in [5, 5.41) is 5.02. The lowest BCUT2D eigenvalue weighted by molar-refractivity contribution is 0.0681. The minimum atomic E-state index is 0.472. The Hall–Kier alpha value is -2.97. The zero-order valence-corrected chi connectivity index (χ0v) is 22.5. The van der Waals surface area contributed by atoms with E-state index in [4.69, 9.17) is 28.8 Å². The van der Waals surface area contributed by atoms with E-state index < -0.39 is 0 Å². The highest BCUT2D eigenvalue weighted by molar-refractivity contribution is 5.84. The quantitative estimate of drug-likeness (QED) is 0.332. The van der Waals surface area contributed by atoms with Gasteiger partial charge in [-0.2, -0.15) is 0 Å². The van der Waals surface area contributed by atoms with Crippen LogP contribution in [-0.4, -0.2) is 63.9 Å². The number of hydrogen-bond donors (Lipinski definition) is 0. The summed E-state index contributed by atoms with van der Waals surface area (Å²) >= 11 is 0. The van der Waals surface area contributed by atoms with E-state index in [2.05, 4.69) is 23.1 Å². The Morgan fingerprint density at radius 1 is 0.973 bits per heavy atom. The van der Waals surface area contributed by atoms with E-state index in [0.717, 1.165) is 73.1 Å². The topological polar surface area (TPSA) is 66.7 Å². The van der Waals surface area contributed by atoms with Gasteiger partial charge in [-0.25, -0.2) is 4.52 Å². The van der Waals surface area contributed by atoms with Crippen LogP contribution in [0.5, 0.6) is 17.4 Å². The monoisotopic (exact) mass is 509 g/mol. The van der Waals surface area contributed by atoms with Crippen LogP contribution in [0.2, 0.25) is 0 Å². The van der Waals surface area contributed by atoms with Crippen LogP contribution in [0, 0.1) is 11.8 Å². The Morgan fingerprint density at radius 3 is 2.24 bits per heavy atom. The van der Waals surface area contributed by atoms with Gasteiger partial charge in [0.05, 0.1) is 44.2 Å². The van der Waals surface area contributed by atoms with Crippen molar-refractivity contribution in [2.45, 2.75) is 39.2 Å². The van der Waals surface area contributed by atoms with Gasteiger partial charge in [-0.3, -0.25) is 0 Å². The molecule has 0 bridgehead atoms. The van der Waals surface area contributed by atoms with Crippen molar-refractivity contribution in [2.24, 2.45) is 11.8 Å². The standard InChI is InChI=1S/C29H39N3O5/c1-5-37-29-28(31(17-20-9-10-20)18-21-11-13-36-14-12-21)24-8-6-7-23(32(24)30-29)27-25(34-3)15-22(19-33-2)16-26(27)35-4/h6-8,15-16,20-21H,5,9-14,17-19H2,1-4H3. The maximum Gasteiger partial charge on any atom is 0.257 e. The highest BCUT2D eigenvalue weighted by Crippen LogP contribution is 2.43.